The van der Waals surface area contributed by atoms with Crippen molar-refractivity contribution in [1.29, 1.82) is 0 Å². The molecule has 1 aliphatic carbocycles. The van der Waals surface area contributed by atoms with E-state index in [2.05, 4.69) is 51.0 Å². The zero-order valence-electron chi connectivity index (χ0n) is 20.5. The first-order valence-corrected chi connectivity index (χ1v) is 11.5. The molecule has 0 unspecified atom stereocenters. The van der Waals surface area contributed by atoms with Crippen LogP contribution in [0.3, 0.4) is 0 Å². The summed E-state index contributed by atoms with van der Waals surface area (Å²) in [7, 11) is 3.81. The standard InChI is InChI=1S/C25H30N8O/c1-15-7-10-17(27-24(34)20-12-22(25(2,3)4)29-32(20)6)11-19(15)33-14-18(28-30-33)21-13-26-23(31(21)5)16-8-9-16/h7,10-14,16H,8-9H2,1-6H3,(H,27,34). The third-order valence-corrected chi connectivity index (χ3v) is 6.32. The largest absolute Gasteiger partial charge is 0.330 e. The number of hydrogen-bond donors (Lipinski definition) is 1. The molecule has 1 fully saturated rings. The molecule has 4 aromatic rings. The van der Waals surface area contributed by atoms with Crippen LogP contribution < -0.4 is 5.32 Å². The van der Waals surface area contributed by atoms with E-state index in [4.69, 9.17) is 0 Å². The van der Waals surface area contributed by atoms with Crippen LogP contribution in [0.4, 0.5) is 5.69 Å². The second kappa shape index (κ2) is 7.93. The molecule has 1 aliphatic rings. The van der Waals surface area contributed by atoms with E-state index in [-0.39, 0.29) is 11.3 Å². The van der Waals surface area contributed by atoms with Crippen LogP contribution in [0.1, 0.15) is 67.1 Å². The minimum absolute atomic E-state index is 0.134. The number of carbonyl (C=O) groups is 1. The molecule has 1 aromatic carbocycles. The molecule has 9 nitrogen and oxygen atoms in total. The van der Waals surface area contributed by atoms with E-state index in [0.29, 0.717) is 17.3 Å². The number of aryl methyl sites for hydroxylation is 2. The van der Waals surface area contributed by atoms with E-state index < -0.39 is 0 Å². The van der Waals surface area contributed by atoms with E-state index >= 15 is 0 Å². The summed E-state index contributed by atoms with van der Waals surface area (Å²) in [6.45, 7) is 8.24. The van der Waals surface area contributed by atoms with Crippen LogP contribution >= 0.6 is 0 Å². The lowest BCUT2D eigenvalue weighted by Crippen LogP contribution is -2.16. The Labute approximate surface area is 198 Å². The predicted octanol–water partition coefficient (Wildman–Crippen LogP) is 4.14. The first-order valence-electron chi connectivity index (χ1n) is 11.5. The first-order chi connectivity index (χ1) is 16.1. The van der Waals surface area contributed by atoms with Crippen molar-refractivity contribution in [1.82, 2.24) is 34.3 Å². The van der Waals surface area contributed by atoms with Crippen LogP contribution in [-0.2, 0) is 19.5 Å². The number of rotatable bonds is 5. The second-order valence-corrected chi connectivity index (χ2v) is 10.1. The van der Waals surface area contributed by atoms with Crippen molar-refractivity contribution in [3.63, 3.8) is 0 Å². The molecular weight excluding hydrogens is 428 g/mol. The summed E-state index contributed by atoms with van der Waals surface area (Å²) in [6, 6.07) is 7.60. The average Bonchev–Trinajstić information content (AvgIpc) is 3.16. The SMILES string of the molecule is Cc1ccc(NC(=O)c2cc(C(C)(C)C)nn2C)cc1-n1cc(-c2cnc(C3CC3)n2C)nn1. The molecule has 0 bridgehead atoms. The number of amides is 1. The highest BCUT2D eigenvalue weighted by Gasteiger charge is 2.29. The summed E-state index contributed by atoms with van der Waals surface area (Å²) in [5.74, 6) is 1.47. The van der Waals surface area contributed by atoms with Gasteiger partial charge < -0.3 is 9.88 Å². The van der Waals surface area contributed by atoms with E-state index in [9.17, 15) is 4.79 Å². The van der Waals surface area contributed by atoms with Crippen LogP contribution in [0.2, 0.25) is 0 Å². The van der Waals surface area contributed by atoms with Crippen molar-refractivity contribution in [3.05, 3.63) is 59.4 Å². The van der Waals surface area contributed by atoms with Gasteiger partial charge in [-0.25, -0.2) is 9.67 Å². The Bertz CT molecular complexity index is 1380. The zero-order chi connectivity index (χ0) is 24.2. The summed E-state index contributed by atoms with van der Waals surface area (Å²) >= 11 is 0. The number of hydrogen-bond acceptors (Lipinski definition) is 5. The third-order valence-electron chi connectivity index (χ3n) is 6.32. The van der Waals surface area contributed by atoms with Gasteiger partial charge in [-0.15, -0.1) is 5.10 Å². The summed E-state index contributed by atoms with van der Waals surface area (Å²) in [4.78, 5) is 17.6. The molecule has 5 rings (SSSR count). The maximum atomic E-state index is 13.0. The molecule has 0 atom stereocenters. The molecule has 9 heteroatoms. The van der Waals surface area contributed by atoms with Crippen LogP contribution in [-0.4, -0.2) is 40.2 Å². The number of imidazole rings is 1. The maximum Gasteiger partial charge on any atom is 0.273 e. The van der Waals surface area contributed by atoms with E-state index in [1.165, 1.54) is 12.8 Å². The van der Waals surface area contributed by atoms with Gasteiger partial charge in [0.25, 0.3) is 5.91 Å². The number of carbonyl (C=O) groups excluding carboxylic acids is 1. The summed E-state index contributed by atoms with van der Waals surface area (Å²) in [5.41, 5.74) is 5.51. The van der Waals surface area contributed by atoms with Gasteiger partial charge in [0, 0.05) is 31.1 Å². The number of benzene rings is 1. The Kier molecular flexibility index (Phi) is 5.15. The molecule has 0 aliphatic heterocycles. The Morgan fingerprint density at radius 3 is 2.59 bits per heavy atom. The number of aromatic nitrogens is 7. The molecule has 176 valence electrons. The van der Waals surface area contributed by atoms with Crippen molar-refractivity contribution in [3.8, 4) is 17.1 Å². The van der Waals surface area contributed by atoms with E-state index in [1.54, 1.807) is 16.4 Å². The van der Waals surface area contributed by atoms with Gasteiger partial charge >= 0.3 is 0 Å². The highest BCUT2D eigenvalue weighted by molar-refractivity contribution is 6.03. The molecule has 1 N–H and O–H groups in total. The molecule has 0 spiro atoms. The Morgan fingerprint density at radius 2 is 1.91 bits per heavy atom. The van der Waals surface area contributed by atoms with Gasteiger partial charge in [0.15, 0.2) is 0 Å². The second-order valence-electron chi connectivity index (χ2n) is 10.1. The van der Waals surface area contributed by atoms with Crippen LogP contribution in [0.5, 0.6) is 0 Å². The van der Waals surface area contributed by atoms with Gasteiger partial charge in [0.2, 0.25) is 0 Å². The average molecular weight is 459 g/mol. The van der Waals surface area contributed by atoms with Crippen LogP contribution in [0.15, 0.2) is 36.7 Å². The normalized spacial score (nSPS) is 13.9. The first kappa shape index (κ1) is 22.1. The molecule has 1 amide bonds. The number of anilines is 1. The Balaban J connectivity index is 1.40. The van der Waals surface area contributed by atoms with Gasteiger partial charge in [-0.05, 0) is 43.5 Å². The van der Waals surface area contributed by atoms with Gasteiger partial charge in [0.1, 0.15) is 17.2 Å². The molecular formula is C25H30N8O. The molecule has 3 aromatic heterocycles. The van der Waals surface area contributed by atoms with Gasteiger partial charge in [-0.3, -0.25) is 9.48 Å². The highest BCUT2D eigenvalue weighted by Crippen LogP contribution is 2.40. The maximum absolute atomic E-state index is 13.0. The predicted molar refractivity (Wildman–Crippen MR) is 130 cm³/mol. The molecule has 0 radical (unpaired) electrons. The molecule has 34 heavy (non-hydrogen) atoms. The lowest BCUT2D eigenvalue weighted by Gasteiger charge is -2.13. The van der Waals surface area contributed by atoms with Crippen molar-refractivity contribution < 1.29 is 4.79 Å². The quantitative estimate of drug-likeness (QED) is 0.485. The minimum atomic E-state index is -0.206. The fourth-order valence-corrected chi connectivity index (χ4v) is 4.06. The molecule has 3 heterocycles. The van der Waals surface area contributed by atoms with Crippen LogP contribution in [0, 0.1) is 6.92 Å². The van der Waals surface area contributed by atoms with Gasteiger partial charge in [0.05, 0.1) is 29.5 Å². The number of nitrogens with one attached hydrogen (secondary N) is 1. The Hall–Kier alpha value is -3.75. The summed E-state index contributed by atoms with van der Waals surface area (Å²) < 4.78 is 5.47. The zero-order valence-corrected chi connectivity index (χ0v) is 20.5. The van der Waals surface area contributed by atoms with Gasteiger partial charge in [-0.2, -0.15) is 5.10 Å². The van der Waals surface area contributed by atoms with Crippen molar-refractivity contribution in [2.75, 3.05) is 5.32 Å². The van der Waals surface area contributed by atoms with Crippen molar-refractivity contribution in [2.24, 2.45) is 14.1 Å². The third kappa shape index (κ3) is 4.02. The summed E-state index contributed by atoms with van der Waals surface area (Å²) in [6.07, 6.45) is 6.17. The lowest BCUT2D eigenvalue weighted by molar-refractivity contribution is 0.101. The smallest absolute Gasteiger partial charge is 0.273 e. The monoisotopic (exact) mass is 458 g/mol. The van der Waals surface area contributed by atoms with Crippen molar-refractivity contribution >= 4 is 11.6 Å². The minimum Gasteiger partial charge on any atom is -0.330 e. The summed E-state index contributed by atoms with van der Waals surface area (Å²) in [5, 5.41) is 16.2. The van der Waals surface area contributed by atoms with Crippen LogP contribution in [0.25, 0.3) is 17.1 Å². The number of nitrogens with zero attached hydrogens (tertiary/aromatic N) is 7. The highest BCUT2D eigenvalue weighted by atomic mass is 16.2. The fourth-order valence-electron chi connectivity index (χ4n) is 4.06. The molecule has 1 saturated carbocycles. The van der Waals surface area contributed by atoms with E-state index in [0.717, 1.165) is 34.2 Å². The molecule has 0 saturated heterocycles. The van der Waals surface area contributed by atoms with Crippen molar-refractivity contribution in [2.45, 2.75) is 51.9 Å². The fraction of sp³-hybridized carbons (Fsp3) is 0.400. The van der Waals surface area contributed by atoms with Gasteiger partial charge in [-0.1, -0.05) is 32.1 Å². The lowest BCUT2D eigenvalue weighted by atomic mass is 9.92. The van der Waals surface area contributed by atoms with E-state index in [1.807, 2.05) is 50.6 Å². The topological polar surface area (TPSA) is 95.5 Å². The Morgan fingerprint density at radius 1 is 1.15 bits per heavy atom.